The maximum Gasteiger partial charge on any atom is 0.417 e. The zero-order valence-electron chi connectivity index (χ0n) is 10.5. The van der Waals surface area contributed by atoms with Crippen molar-refractivity contribution >= 4 is 6.03 Å². The van der Waals surface area contributed by atoms with E-state index in [0.717, 1.165) is 10.2 Å². The topological polar surface area (TPSA) is 32.3 Å². The van der Waals surface area contributed by atoms with Crippen LogP contribution >= 0.6 is 0 Å². The Kier molecular flexibility index (Phi) is 6.44. The van der Waals surface area contributed by atoms with Crippen LogP contribution in [0.25, 0.3) is 0 Å². The highest BCUT2D eigenvalue weighted by Crippen LogP contribution is 2.33. The van der Waals surface area contributed by atoms with Crippen molar-refractivity contribution in [1.82, 2.24) is 10.2 Å². The van der Waals surface area contributed by atoms with Crippen LogP contribution in [0.5, 0.6) is 0 Å². The van der Waals surface area contributed by atoms with Crippen LogP contribution in [0.15, 0.2) is 0 Å². The Balaban J connectivity index is 4.89. The van der Waals surface area contributed by atoms with Crippen molar-refractivity contribution in [1.29, 1.82) is 0 Å². The first-order valence-corrected chi connectivity index (χ1v) is 5.72. The lowest BCUT2D eigenvalue weighted by atomic mass is 10.2. The SMILES string of the molecule is CCCN(CCC)C(=O)NC(C(F)(F)F)C(F)(F)F. The van der Waals surface area contributed by atoms with E-state index in [2.05, 4.69) is 0 Å². The van der Waals surface area contributed by atoms with Crippen molar-refractivity contribution in [3.05, 3.63) is 0 Å². The fourth-order valence-corrected chi connectivity index (χ4v) is 1.42. The highest BCUT2D eigenvalue weighted by atomic mass is 19.4. The van der Waals surface area contributed by atoms with Gasteiger partial charge in [0.1, 0.15) is 0 Å². The largest absolute Gasteiger partial charge is 0.417 e. The van der Waals surface area contributed by atoms with Crippen molar-refractivity contribution in [3.63, 3.8) is 0 Å². The second-order valence-electron chi connectivity index (χ2n) is 3.95. The quantitative estimate of drug-likeness (QED) is 0.775. The molecule has 0 unspecified atom stereocenters. The predicted octanol–water partition coefficient (Wildman–Crippen LogP) is 3.31. The molecule has 0 fully saturated rings. The van der Waals surface area contributed by atoms with Gasteiger partial charge in [0.15, 0.2) is 0 Å². The predicted molar refractivity (Wildman–Crippen MR) is 56.6 cm³/mol. The average molecular weight is 294 g/mol. The minimum Gasteiger partial charge on any atom is -0.325 e. The Bertz CT molecular complexity index is 269. The van der Waals surface area contributed by atoms with E-state index in [0.29, 0.717) is 12.8 Å². The Morgan fingerprint density at radius 3 is 1.63 bits per heavy atom. The van der Waals surface area contributed by atoms with E-state index in [4.69, 9.17) is 0 Å². The van der Waals surface area contributed by atoms with Crippen molar-refractivity contribution in [2.45, 2.75) is 45.1 Å². The molecule has 9 heteroatoms. The van der Waals surface area contributed by atoms with Gasteiger partial charge >= 0.3 is 18.4 Å². The third kappa shape index (κ3) is 6.02. The van der Waals surface area contributed by atoms with Crippen LogP contribution in [0.2, 0.25) is 0 Å². The number of carbonyl (C=O) groups excluding carboxylic acids is 1. The van der Waals surface area contributed by atoms with E-state index in [9.17, 15) is 31.1 Å². The van der Waals surface area contributed by atoms with Crippen LogP contribution in [0.4, 0.5) is 31.1 Å². The molecule has 1 N–H and O–H groups in total. The van der Waals surface area contributed by atoms with Crippen molar-refractivity contribution < 1.29 is 31.1 Å². The fourth-order valence-electron chi connectivity index (χ4n) is 1.42. The number of rotatable bonds is 5. The summed E-state index contributed by atoms with van der Waals surface area (Å²) in [5.41, 5.74) is 0. The molecule has 0 aliphatic carbocycles. The van der Waals surface area contributed by atoms with E-state index in [1.807, 2.05) is 0 Å². The molecule has 0 aromatic rings. The summed E-state index contributed by atoms with van der Waals surface area (Å²) in [6, 6.07) is -5.20. The number of amides is 2. The number of halogens is 6. The number of alkyl halides is 6. The maximum absolute atomic E-state index is 12.3. The number of hydrogen-bond donors (Lipinski definition) is 1. The molecule has 0 bridgehead atoms. The highest BCUT2D eigenvalue weighted by Gasteiger charge is 2.57. The first-order valence-electron chi connectivity index (χ1n) is 5.72. The van der Waals surface area contributed by atoms with Gasteiger partial charge in [-0.1, -0.05) is 13.8 Å². The molecular formula is C10H16F6N2O. The molecule has 0 aromatic carbocycles. The van der Waals surface area contributed by atoms with Gasteiger partial charge in [0, 0.05) is 13.1 Å². The molecule has 0 radical (unpaired) electrons. The van der Waals surface area contributed by atoms with E-state index < -0.39 is 24.4 Å². The van der Waals surface area contributed by atoms with Crippen molar-refractivity contribution in [2.75, 3.05) is 13.1 Å². The van der Waals surface area contributed by atoms with Gasteiger partial charge in [0.05, 0.1) is 0 Å². The Labute approximate surface area is 106 Å². The van der Waals surface area contributed by atoms with Gasteiger partial charge in [0.25, 0.3) is 0 Å². The first-order chi connectivity index (χ1) is 8.54. The first kappa shape index (κ1) is 17.8. The summed E-state index contributed by atoms with van der Waals surface area (Å²) >= 11 is 0. The number of hydrogen-bond acceptors (Lipinski definition) is 1. The number of urea groups is 1. The monoisotopic (exact) mass is 294 g/mol. The lowest BCUT2D eigenvalue weighted by Gasteiger charge is -2.28. The van der Waals surface area contributed by atoms with Crippen LogP contribution in [0, 0.1) is 0 Å². The Morgan fingerprint density at radius 1 is 1.00 bits per heavy atom. The van der Waals surface area contributed by atoms with Crippen LogP contribution in [-0.4, -0.2) is 42.4 Å². The molecule has 0 rings (SSSR count). The molecule has 0 heterocycles. The third-order valence-corrected chi connectivity index (χ3v) is 2.20. The molecule has 0 saturated heterocycles. The summed E-state index contributed by atoms with van der Waals surface area (Å²) < 4.78 is 73.5. The third-order valence-electron chi connectivity index (χ3n) is 2.20. The maximum atomic E-state index is 12.3. The van der Waals surface area contributed by atoms with Gasteiger partial charge in [-0.2, -0.15) is 26.3 Å². The summed E-state index contributed by atoms with van der Waals surface area (Å²) in [7, 11) is 0. The Morgan fingerprint density at radius 2 is 1.37 bits per heavy atom. The lowest BCUT2D eigenvalue weighted by Crippen LogP contribution is -2.57. The molecule has 2 amide bonds. The van der Waals surface area contributed by atoms with Crippen LogP contribution in [0.3, 0.4) is 0 Å². The molecule has 0 atom stereocenters. The summed E-state index contributed by atoms with van der Waals surface area (Å²) in [4.78, 5) is 12.4. The van der Waals surface area contributed by atoms with Gasteiger partial charge in [-0.3, -0.25) is 0 Å². The molecule has 0 aromatic heterocycles. The van der Waals surface area contributed by atoms with Crippen LogP contribution in [-0.2, 0) is 0 Å². The second-order valence-corrected chi connectivity index (χ2v) is 3.95. The summed E-state index contributed by atoms with van der Waals surface area (Å²) in [6.45, 7) is 3.53. The molecule has 0 aliphatic heterocycles. The molecule has 3 nitrogen and oxygen atoms in total. The second kappa shape index (κ2) is 6.85. The van der Waals surface area contributed by atoms with E-state index in [1.165, 1.54) is 0 Å². The molecule has 19 heavy (non-hydrogen) atoms. The van der Waals surface area contributed by atoms with Crippen LogP contribution in [0.1, 0.15) is 26.7 Å². The van der Waals surface area contributed by atoms with Gasteiger partial charge in [-0.05, 0) is 12.8 Å². The van der Waals surface area contributed by atoms with Gasteiger partial charge in [0.2, 0.25) is 6.04 Å². The summed E-state index contributed by atoms with van der Waals surface area (Å²) in [5.74, 6) is 0. The molecule has 0 saturated carbocycles. The summed E-state index contributed by atoms with van der Waals surface area (Å²) in [5, 5.41) is 1.00. The van der Waals surface area contributed by atoms with Crippen molar-refractivity contribution in [3.8, 4) is 0 Å². The lowest BCUT2D eigenvalue weighted by molar-refractivity contribution is -0.255. The van der Waals surface area contributed by atoms with Gasteiger partial charge in [-0.25, -0.2) is 4.79 Å². The smallest absolute Gasteiger partial charge is 0.325 e. The molecule has 0 aliphatic rings. The number of carbonyl (C=O) groups is 1. The van der Waals surface area contributed by atoms with E-state index in [1.54, 1.807) is 13.8 Å². The van der Waals surface area contributed by atoms with Gasteiger partial charge in [-0.15, -0.1) is 0 Å². The van der Waals surface area contributed by atoms with Gasteiger partial charge < -0.3 is 10.2 Å². The molecular weight excluding hydrogens is 278 g/mol. The zero-order chi connectivity index (χ0) is 15.3. The number of nitrogens with zero attached hydrogens (tertiary/aromatic N) is 1. The highest BCUT2D eigenvalue weighted by molar-refractivity contribution is 5.74. The standard InChI is InChI=1S/C10H16F6N2O/c1-3-5-18(6-4-2)8(19)17-7(9(11,12)13)10(14,15)16/h7H,3-6H2,1-2H3,(H,17,19). The Hall–Kier alpha value is -1.15. The average Bonchev–Trinajstić information content (AvgIpc) is 2.22. The zero-order valence-corrected chi connectivity index (χ0v) is 10.5. The number of nitrogens with one attached hydrogen (secondary N) is 1. The minimum absolute atomic E-state index is 0.0993. The molecule has 0 spiro atoms. The normalized spacial score (nSPS) is 12.7. The summed E-state index contributed by atoms with van der Waals surface area (Å²) in [6.07, 6.45) is -10.3. The fraction of sp³-hybridized carbons (Fsp3) is 0.900. The van der Waals surface area contributed by atoms with E-state index >= 15 is 0 Å². The van der Waals surface area contributed by atoms with Crippen molar-refractivity contribution in [2.24, 2.45) is 0 Å². The molecule has 114 valence electrons. The van der Waals surface area contributed by atoms with E-state index in [-0.39, 0.29) is 13.1 Å². The van der Waals surface area contributed by atoms with Crippen LogP contribution < -0.4 is 5.32 Å². The minimum atomic E-state index is -5.57.